The average Bonchev–Trinajstić information content (AvgIpc) is 2.92. The zero-order chi connectivity index (χ0) is 31.2. The molecule has 2 amide bonds. The van der Waals surface area contributed by atoms with E-state index < -0.39 is 34.8 Å². The van der Waals surface area contributed by atoms with Crippen LogP contribution in [0.5, 0.6) is 11.5 Å². The summed E-state index contributed by atoms with van der Waals surface area (Å²) in [6.07, 6.45) is -8.37. The number of aromatic nitrogens is 4. The van der Waals surface area contributed by atoms with Gasteiger partial charge in [0.05, 0.1) is 16.1 Å². The van der Waals surface area contributed by atoms with Gasteiger partial charge in [0.25, 0.3) is 11.8 Å². The molecule has 0 unspecified atom stereocenters. The number of carbonyl (C=O) groups excluding carboxylic acids is 2. The van der Waals surface area contributed by atoms with Crippen LogP contribution in [0.25, 0.3) is 11.0 Å². The smallest absolute Gasteiger partial charge is 0.475 e. The number of carboxylic acids is 1. The van der Waals surface area contributed by atoms with E-state index >= 15 is 0 Å². The minimum absolute atomic E-state index is 0.177. The molecule has 18 heteroatoms. The van der Waals surface area contributed by atoms with Gasteiger partial charge in [0.15, 0.2) is 0 Å². The Kier molecular flexibility index (Phi) is 9.46. The fraction of sp³-hybridized carbons (Fsp3) is 0.125. The summed E-state index contributed by atoms with van der Waals surface area (Å²) in [5, 5.41) is 19.2. The third kappa shape index (κ3) is 8.23. The molecule has 0 aliphatic carbocycles. The van der Waals surface area contributed by atoms with Gasteiger partial charge in [-0.25, -0.2) is 9.78 Å². The van der Waals surface area contributed by atoms with Crippen LogP contribution in [0.15, 0.2) is 54.7 Å². The summed E-state index contributed by atoms with van der Waals surface area (Å²) in [6, 6.07) is 10.5. The highest BCUT2D eigenvalue weighted by Gasteiger charge is 2.38. The van der Waals surface area contributed by atoms with E-state index in [1.807, 2.05) is 0 Å². The number of rotatable bonds is 5. The van der Waals surface area contributed by atoms with Gasteiger partial charge in [0.2, 0.25) is 5.95 Å². The molecule has 0 aliphatic heterocycles. The molecule has 0 fully saturated rings. The fourth-order valence-corrected chi connectivity index (χ4v) is 3.18. The Labute approximate surface area is 235 Å². The van der Waals surface area contributed by atoms with E-state index in [0.717, 1.165) is 12.1 Å². The van der Waals surface area contributed by atoms with Crippen LogP contribution < -0.4 is 15.4 Å². The van der Waals surface area contributed by atoms with Gasteiger partial charge < -0.3 is 15.2 Å². The maximum atomic E-state index is 13.1. The van der Waals surface area contributed by atoms with Crippen LogP contribution in [0.2, 0.25) is 5.02 Å². The summed E-state index contributed by atoms with van der Waals surface area (Å²) >= 11 is 5.59. The number of ether oxygens (including phenoxy) is 1. The fourth-order valence-electron chi connectivity index (χ4n) is 2.95. The van der Waals surface area contributed by atoms with Crippen LogP contribution >= 0.6 is 11.6 Å². The molecule has 2 aromatic heterocycles. The van der Waals surface area contributed by atoms with E-state index in [9.17, 15) is 35.9 Å². The lowest BCUT2D eigenvalue weighted by Crippen LogP contribution is -2.21. The molecule has 3 N–H and O–H groups in total. The van der Waals surface area contributed by atoms with E-state index in [-0.39, 0.29) is 23.1 Å². The van der Waals surface area contributed by atoms with E-state index in [4.69, 9.17) is 26.2 Å². The molecule has 2 aromatic carbocycles. The number of nitrogens with zero attached hydrogens (tertiary/aromatic N) is 4. The van der Waals surface area contributed by atoms with E-state index in [0.29, 0.717) is 28.6 Å². The number of fused-ring (bicyclic) bond motifs is 1. The summed E-state index contributed by atoms with van der Waals surface area (Å²) in [5.41, 5.74) is -0.561. The normalized spacial score (nSPS) is 11.2. The van der Waals surface area contributed by atoms with Gasteiger partial charge in [-0.2, -0.15) is 26.3 Å². The van der Waals surface area contributed by atoms with Crippen molar-refractivity contribution in [1.82, 2.24) is 25.5 Å². The predicted octanol–water partition coefficient (Wildman–Crippen LogP) is 5.13. The van der Waals surface area contributed by atoms with Crippen LogP contribution in [-0.4, -0.2) is 56.3 Å². The first kappa shape index (κ1) is 31.5. The van der Waals surface area contributed by atoms with E-state index in [1.54, 1.807) is 18.2 Å². The Bertz CT molecular complexity index is 1650. The maximum Gasteiger partial charge on any atom is 0.490 e. The summed E-state index contributed by atoms with van der Waals surface area (Å²) in [5.74, 6) is -3.45. The molecule has 220 valence electrons. The summed E-state index contributed by atoms with van der Waals surface area (Å²) in [7, 11) is 1.48. The van der Waals surface area contributed by atoms with Crippen molar-refractivity contribution in [3.63, 3.8) is 0 Å². The molecule has 4 rings (SSSR count). The second-order valence-corrected chi connectivity index (χ2v) is 8.20. The van der Waals surface area contributed by atoms with Gasteiger partial charge >= 0.3 is 18.3 Å². The number of carbonyl (C=O) groups is 3. The second kappa shape index (κ2) is 12.6. The Balaban J connectivity index is 0.000000616. The first-order chi connectivity index (χ1) is 19.6. The number of hydrogen-bond donors (Lipinski definition) is 3. The SMILES string of the molecule is CNC(=O)c1cc(Oc2ccc3nc(NC(=O)c4ccc(Cl)c(C(F)(F)F)c4)nnc3c2)ccn1.O=C(O)C(F)(F)F. The number of amides is 2. The number of anilines is 1. The molecule has 0 aliphatic rings. The molecular weight excluding hydrogens is 602 g/mol. The van der Waals surface area contributed by atoms with Crippen LogP contribution in [0.4, 0.5) is 32.3 Å². The molecule has 0 saturated heterocycles. The van der Waals surface area contributed by atoms with Crippen molar-refractivity contribution in [3.05, 3.63) is 76.6 Å². The standard InChI is InChI=1S/C22H14ClF3N6O3.C2HF3O2/c1-27-20(34)18-10-13(6-7-28-18)35-12-3-5-16-17(9-12)31-32-21(29-16)30-19(33)11-2-4-15(23)14(8-11)22(24,25)26;3-2(4,5)1(6)7/h2-10H,1H3,(H,27,34)(H,29,30,32,33);(H,6,7). The zero-order valence-electron chi connectivity index (χ0n) is 20.7. The molecule has 42 heavy (non-hydrogen) atoms. The topological polar surface area (TPSA) is 156 Å². The van der Waals surface area contributed by atoms with E-state index in [1.165, 1.54) is 25.4 Å². The number of alkyl halides is 6. The Hall–Kier alpha value is -5.06. The molecule has 0 radical (unpaired) electrons. The number of carboxylic acid groups (broad SMARTS) is 1. The largest absolute Gasteiger partial charge is 0.490 e. The average molecular weight is 617 g/mol. The van der Waals surface area contributed by atoms with Gasteiger partial charge in [0, 0.05) is 30.9 Å². The molecule has 0 atom stereocenters. The van der Waals surface area contributed by atoms with Gasteiger partial charge in [-0.3, -0.25) is 19.9 Å². The number of pyridine rings is 1. The highest BCUT2D eigenvalue weighted by Crippen LogP contribution is 2.35. The number of halogens is 7. The summed E-state index contributed by atoms with van der Waals surface area (Å²) < 4.78 is 76.6. The number of aliphatic carboxylic acids is 1. The molecular formula is C24H15ClF6N6O5. The molecule has 0 spiro atoms. The van der Waals surface area contributed by atoms with Crippen molar-refractivity contribution in [1.29, 1.82) is 0 Å². The Morgan fingerprint density at radius 1 is 0.881 bits per heavy atom. The quantitative estimate of drug-likeness (QED) is 0.259. The lowest BCUT2D eigenvalue weighted by molar-refractivity contribution is -0.192. The van der Waals surface area contributed by atoms with Crippen molar-refractivity contribution in [2.75, 3.05) is 12.4 Å². The second-order valence-electron chi connectivity index (χ2n) is 7.79. The number of benzene rings is 2. The van der Waals surface area contributed by atoms with Gasteiger partial charge in [-0.15, -0.1) is 10.2 Å². The number of hydrogen-bond acceptors (Lipinski definition) is 8. The van der Waals surface area contributed by atoms with Gasteiger partial charge in [0.1, 0.15) is 22.7 Å². The monoisotopic (exact) mass is 616 g/mol. The van der Waals surface area contributed by atoms with Crippen LogP contribution in [0, 0.1) is 0 Å². The molecule has 0 saturated carbocycles. The van der Waals surface area contributed by atoms with Crippen LogP contribution in [-0.2, 0) is 11.0 Å². The third-order valence-electron chi connectivity index (χ3n) is 4.85. The van der Waals surface area contributed by atoms with Gasteiger partial charge in [-0.05, 0) is 36.4 Å². The maximum absolute atomic E-state index is 13.1. The minimum atomic E-state index is -5.08. The first-order valence-electron chi connectivity index (χ1n) is 11.1. The zero-order valence-corrected chi connectivity index (χ0v) is 21.5. The first-order valence-corrected chi connectivity index (χ1v) is 11.4. The van der Waals surface area contributed by atoms with Crippen LogP contribution in [0.3, 0.4) is 0 Å². The predicted molar refractivity (Wildman–Crippen MR) is 133 cm³/mol. The van der Waals surface area contributed by atoms with Crippen LogP contribution in [0.1, 0.15) is 26.4 Å². The highest BCUT2D eigenvalue weighted by molar-refractivity contribution is 6.31. The third-order valence-corrected chi connectivity index (χ3v) is 5.18. The van der Waals surface area contributed by atoms with Crippen molar-refractivity contribution in [3.8, 4) is 11.5 Å². The molecule has 2 heterocycles. The summed E-state index contributed by atoms with van der Waals surface area (Å²) in [4.78, 5) is 41.1. The van der Waals surface area contributed by atoms with Gasteiger partial charge in [-0.1, -0.05) is 11.6 Å². The van der Waals surface area contributed by atoms with Crippen molar-refractivity contribution in [2.24, 2.45) is 0 Å². The lowest BCUT2D eigenvalue weighted by Gasteiger charge is -2.11. The molecule has 11 nitrogen and oxygen atoms in total. The molecule has 0 bridgehead atoms. The van der Waals surface area contributed by atoms with Crippen molar-refractivity contribution < 1.29 is 50.6 Å². The van der Waals surface area contributed by atoms with E-state index in [2.05, 4.69) is 30.8 Å². The minimum Gasteiger partial charge on any atom is -0.475 e. The van der Waals surface area contributed by atoms with Crippen molar-refractivity contribution >= 4 is 46.4 Å². The molecule has 4 aromatic rings. The summed E-state index contributed by atoms with van der Waals surface area (Å²) in [6.45, 7) is 0. The Morgan fingerprint density at radius 2 is 1.55 bits per heavy atom. The van der Waals surface area contributed by atoms with Crippen molar-refractivity contribution in [2.45, 2.75) is 12.4 Å². The Morgan fingerprint density at radius 3 is 2.17 bits per heavy atom. The highest BCUT2D eigenvalue weighted by atomic mass is 35.5. The lowest BCUT2D eigenvalue weighted by atomic mass is 10.1. The number of nitrogens with one attached hydrogen (secondary N) is 2.